The third-order valence-corrected chi connectivity index (χ3v) is 3.33. The van der Waals surface area contributed by atoms with Gasteiger partial charge in [-0.2, -0.15) is 0 Å². The number of carboxylic acids is 1. The molecule has 0 aliphatic heterocycles. The maximum atomic E-state index is 12.1. The molecule has 0 atom stereocenters. The van der Waals surface area contributed by atoms with E-state index in [4.69, 9.17) is 4.74 Å². The Morgan fingerprint density at radius 3 is 2.06 bits per heavy atom. The smallest absolute Gasteiger partial charge is 0.323 e. The molecule has 1 aliphatic rings. The Labute approximate surface area is 102 Å². The largest absolute Gasteiger partial charge is 0.480 e. The Kier molecular flexibility index (Phi) is 3.84. The van der Waals surface area contributed by atoms with Crippen LogP contribution in [0.2, 0.25) is 0 Å². The Morgan fingerprint density at radius 2 is 1.71 bits per heavy atom. The highest BCUT2D eigenvalue weighted by Crippen LogP contribution is 2.41. The van der Waals surface area contributed by atoms with E-state index < -0.39 is 23.0 Å². The maximum Gasteiger partial charge on any atom is 0.323 e. The lowest BCUT2D eigenvalue weighted by Crippen LogP contribution is -2.45. The lowest BCUT2D eigenvalue weighted by Gasteiger charge is -2.35. The summed E-state index contributed by atoms with van der Waals surface area (Å²) in [5.41, 5.74) is -1.96. The standard InChI is InChI=1S/C13H22O4/c1-9-5-7-13(8-6-9,10(14)15)11(16)17-12(2,3)4/h9H,5-8H2,1-4H3,(H,14,15). The van der Waals surface area contributed by atoms with Crippen molar-refractivity contribution < 1.29 is 19.4 Å². The summed E-state index contributed by atoms with van der Waals surface area (Å²) >= 11 is 0. The molecule has 0 unspecified atom stereocenters. The van der Waals surface area contributed by atoms with Crippen LogP contribution in [0.25, 0.3) is 0 Å². The van der Waals surface area contributed by atoms with E-state index in [0.717, 1.165) is 12.8 Å². The summed E-state index contributed by atoms with van der Waals surface area (Å²) in [5.74, 6) is -1.13. The summed E-state index contributed by atoms with van der Waals surface area (Å²) in [6.07, 6.45) is 2.31. The number of hydrogen-bond donors (Lipinski definition) is 1. The molecule has 1 fully saturated rings. The molecule has 98 valence electrons. The molecule has 0 amide bonds. The molecule has 1 aliphatic carbocycles. The van der Waals surface area contributed by atoms with E-state index in [-0.39, 0.29) is 0 Å². The summed E-state index contributed by atoms with van der Waals surface area (Å²) in [4.78, 5) is 23.5. The summed E-state index contributed by atoms with van der Waals surface area (Å²) in [6, 6.07) is 0. The topological polar surface area (TPSA) is 63.6 Å². The van der Waals surface area contributed by atoms with Gasteiger partial charge in [0.15, 0.2) is 5.41 Å². The van der Waals surface area contributed by atoms with Crippen LogP contribution in [0.1, 0.15) is 53.4 Å². The number of esters is 1. The highest BCUT2D eigenvalue weighted by atomic mass is 16.6. The van der Waals surface area contributed by atoms with Crippen molar-refractivity contribution in [3.8, 4) is 0 Å². The van der Waals surface area contributed by atoms with Crippen molar-refractivity contribution in [1.29, 1.82) is 0 Å². The fraction of sp³-hybridized carbons (Fsp3) is 0.846. The summed E-state index contributed by atoms with van der Waals surface area (Å²) in [5, 5.41) is 9.34. The number of hydrogen-bond acceptors (Lipinski definition) is 3. The highest BCUT2D eigenvalue weighted by molar-refractivity contribution is 5.99. The number of carbonyl (C=O) groups is 2. The normalized spacial score (nSPS) is 29.8. The van der Waals surface area contributed by atoms with Crippen LogP contribution in [-0.4, -0.2) is 22.6 Å². The van der Waals surface area contributed by atoms with Crippen molar-refractivity contribution in [2.75, 3.05) is 0 Å². The lowest BCUT2D eigenvalue weighted by atomic mass is 9.71. The van der Waals surface area contributed by atoms with Gasteiger partial charge in [-0.05, 0) is 52.4 Å². The van der Waals surface area contributed by atoms with E-state index in [0.29, 0.717) is 18.8 Å². The zero-order chi connectivity index (χ0) is 13.3. The van der Waals surface area contributed by atoms with E-state index in [9.17, 15) is 14.7 Å². The van der Waals surface area contributed by atoms with E-state index in [1.165, 1.54) is 0 Å². The fourth-order valence-electron chi connectivity index (χ4n) is 2.14. The first-order chi connectivity index (χ1) is 7.67. The summed E-state index contributed by atoms with van der Waals surface area (Å²) < 4.78 is 5.26. The molecule has 0 bridgehead atoms. The molecule has 0 radical (unpaired) electrons. The molecule has 1 rings (SSSR count). The Hall–Kier alpha value is -1.06. The van der Waals surface area contributed by atoms with E-state index in [1.807, 2.05) is 0 Å². The average molecular weight is 242 g/mol. The summed E-state index contributed by atoms with van der Waals surface area (Å²) in [6.45, 7) is 7.35. The first-order valence-corrected chi connectivity index (χ1v) is 6.14. The van der Waals surface area contributed by atoms with Gasteiger partial charge in [0.2, 0.25) is 0 Å². The van der Waals surface area contributed by atoms with Crippen LogP contribution in [0.5, 0.6) is 0 Å². The van der Waals surface area contributed by atoms with E-state index >= 15 is 0 Å². The lowest BCUT2D eigenvalue weighted by molar-refractivity contribution is -0.180. The molecule has 17 heavy (non-hydrogen) atoms. The van der Waals surface area contributed by atoms with Gasteiger partial charge in [-0.3, -0.25) is 9.59 Å². The minimum absolute atomic E-state index is 0.387. The molecule has 0 heterocycles. The van der Waals surface area contributed by atoms with Crippen LogP contribution >= 0.6 is 0 Å². The molecule has 0 aromatic heterocycles. The van der Waals surface area contributed by atoms with Gasteiger partial charge in [-0.25, -0.2) is 0 Å². The van der Waals surface area contributed by atoms with Crippen molar-refractivity contribution >= 4 is 11.9 Å². The Morgan fingerprint density at radius 1 is 1.24 bits per heavy atom. The average Bonchev–Trinajstić information content (AvgIpc) is 2.15. The van der Waals surface area contributed by atoms with Crippen LogP contribution in [-0.2, 0) is 14.3 Å². The van der Waals surface area contributed by atoms with Gasteiger partial charge >= 0.3 is 11.9 Å². The van der Waals surface area contributed by atoms with Crippen molar-refractivity contribution in [1.82, 2.24) is 0 Å². The molecule has 1 N–H and O–H groups in total. The fourth-order valence-corrected chi connectivity index (χ4v) is 2.14. The number of carboxylic acid groups (broad SMARTS) is 1. The van der Waals surface area contributed by atoms with Crippen LogP contribution in [0.3, 0.4) is 0 Å². The molecular weight excluding hydrogens is 220 g/mol. The first-order valence-electron chi connectivity index (χ1n) is 6.14. The molecule has 0 aromatic rings. The number of aliphatic carboxylic acids is 1. The zero-order valence-corrected chi connectivity index (χ0v) is 11.1. The molecule has 4 nitrogen and oxygen atoms in total. The minimum Gasteiger partial charge on any atom is -0.480 e. The van der Waals surface area contributed by atoms with Crippen molar-refractivity contribution in [3.63, 3.8) is 0 Å². The van der Waals surface area contributed by atoms with E-state index in [2.05, 4.69) is 6.92 Å². The molecule has 0 spiro atoms. The third kappa shape index (κ3) is 3.20. The second-order valence-corrected chi connectivity index (χ2v) is 6.07. The molecule has 1 saturated carbocycles. The molecule has 4 heteroatoms. The van der Waals surface area contributed by atoms with E-state index in [1.54, 1.807) is 20.8 Å². The highest BCUT2D eigenvalue weighted by Gasteiger charge is 2.50. The summed E-state index contributed by atoms with van der Waals surface area (Å²) in [7, 11) is 0. The second kappa shape index (κ2) is 4.67. The van der Waals surface area contributed by atoms with Gasteiger partial charge in [0.1, 0.15) is 5.60 Å². The second-order valence-electron chi connectivity index (χ2n) is 6.07. The Balaban J connectivity index is 2.86. The monoisotopic (exact) mass is 242 g/mol. The van der Waals surface area contributed by atoms with Gasteiger partial charge in [0.05, 0.1) is 0 Å². The van der Waals surface area contributed by atoms with Crippen LogP contribution in [0.15, 0.2) is 0 Å². The van der Waals surface area contributed by atoms with Crippen LogP contribution in [0.4, 0.5) is 0 Å². The first kappa shape index (κ1) is 14.0. The quantitative estimate of drug-likeness (QED) is 0.597. The van der Waals surface area contributed by atoms with Gasteiger partial charge in [0, 0.05) is 0 Å². The molecule has 0 aromatic carbocycles. The zero-order valence-electron chi connectivity index (χ0n) is 11.1. The van der Waals surface area contributed by atoms with Crippen molar-refractivity contribution in [2.45, 2.75) is 59.0 Å². The van der Waals surface area contributed by atoms with Gasteiger partial charge in [0.25, 0.3) is 0 Å². The van der Waals surface area contributed by atoms with Crippen molar-refractivity contribution in [2.24, 2.45) is 11.3 Å². The predicted molar refractivity (Wildman–Crippen MR) is 63.5 cm³/mol. The SMILES string of the molecule is CC1CCC(C(=O)O)(C(=O)OC(C)(C)C)CC1. The van der Waals surface area contributed by atoms with Crippen LogP contribution in [0, 0.1) is 11.3 Å². The third-order valence-electron chi connectivity index (χ3n) is 3.33. The predicted octanol–water partition coefficient (Wildman–Crippen LogP) is 2.61. The number of carbonyl (C=O) groups excluding carboxylic acids is 1. The van der Waals surface area contributed by atoms with Gasteiger partial charge < -0.3 is 9.84 Å². The number of rotatable bonds is 2. The minimum atomic E-state index is -1.32. The molecule has 0 saturated heterocycles. The number of ether oxygens (including phenoxy) is 1. The van der Waals surface area contributed by atoms with Crippen LogP contribution < -0.4 is 0 Å². The maximum absolute atomic E-state index is 12.1. The Bertz CT molecular complexity index is 306. The molecular formula is C13H22O4. The van der Waals surface area contributed by atoms with Gasteiger partial charge in [-0.1, -0.05) is 6.92 Å². The van der Waals surface area contributed by atoms with Gasteiger partial charge in [-0.15, -0.1) is 0 Å². The van der Waals surface area contributed by atoms with Crippen molar-refractivity contribution in [3.05, 3.63) is 0 Å².